The molecular weight excluding hydrogens is 404 g/mol. The predicted octanol–water partition coefficient (Wildman–Crippen LogP) is 7.20. The van der Waals surface area contributed by atoms with E-state index in [9.17, 15) is 5.11 Å². The molecule has 0 bridgehead atoms. The molecule has 0 saturated heterocycles. The van der Waals surface area contributed by atoms with Gasteiger partial charge < -0.3 is 14.6 Å². The molecular formula is C27H24O3S. The van der Waals surface area contributed by atoms with E-state index in [1.807, 2.05) is 72.8 Å². The summed E-state index contributed by atoms with van der Waals surface area (Å²) >= 11 is 1.61. The monoisotopic (exact) mass is 428 g/mol. The van der Waals surface area contributed by atoms with Crippen LogP contribution in [0, 0.1) is 0 Å². The zero-order valence-electron chi connectivity index (χ0n) is 17.2. The molecule has 31 heavy (non-hydrogen) atoms. The van der Waals surface area contributed by atoms with Gasteiger partial charge in [0.2, 0.25) is 0 Å². The molecule has 1 heterocycles. The first-order chi connectivity index (χ1) is 15.2. The third kappa shape index (κ3) is 4.22. The molecule has 156 valence electrons. The third-order valence-electron chi connectivity index (χ3n) is 5.56. The van der Waals surface area contributed by atoms with E-state index < -0.39 is 5.60 Å². The minimum Gasteiger partial charge on any atom is -0.489 e. The SMILES string of the molecule is OC1(c2sc3ccccc3c2Oc2ccc(OCc3ccccc3)cc2)C=CCCC1. The molecule has 3 aromatic carbocycles. The van der Waals surface area contributed by atoms with Gasteiger partial charge in [-0.25, -0.2) is 0 Å². The topological polar surface area (TPSA) is 38.7 Å². The van der Waals surface area contributed by atoms with Crippen molar-refractivity contribution in [3.8, 4) is 17.2 Å². The number of ether oxygens (including phenoxy) is 2. The lowest BCUT2D eigenvalue weighted by Crippen LogP contribution is -2.24. The summed E-state index contributed by atoms with van der Waals surface area (Å²) in [5, 5.41) is 12.4. The first kappa shape index (κ1) is 19.9. The predicted molar refractivity (Wildman–Crippen MR) is 126 cm³/mol. The minimum atomic E-state index is -0.976. The van der Waals surface area contributed by atoms with Crippen molar-refractivity contribution < 1.29 is 14.6 Å². The summed E-state index contributed by atoms with van der Waals surface area (Å²) in [6.45, 7) is 0.528. The summed E-state index contributed by atoms with van der Waals surface area (Å²) in [7, 11) is 0. The first-order valence-electron chi connectivity index (χ1n) is 10.6. The Morgan fingerprint density at radius 1 is 0.871 bits per heavy atom. The highest BCUT2D eigenvalue weighted by molar-refractivity contribution is 7.19. The van der Waals surface area contributed by atoms with E-state index in [1.54, 1.807) is 11.3 Å². The number of thiophene rings is 1. The van der Waals surface area contributed by atoms with Crippen LogP contribution in [0.3, 0.4) is 0 Å². The molecule has 1 unspecified atom stereocenters. The fraction of sp³-hybridized carbons (Fsp3) is 0.185. The van der Waals surface area contributed by atoms with Crippen molar-refractivity contribution in [2.75, 3.05) is 0 Å². The van der Waals surface area contributed by atoms with Crippen LogP contribution in [0.25, 0.3) is 10.1 Å². The minimum absolute atomic E-state index is 0.528. The Morgan fingerprint density at radius 2 is 1.61 bits per heavy atom. The van der Waals surface area contributed by atoms with Gasteiger partial charge >= 0.3 is 0 Å². The Balaban J connectivity index is 1.40. The molecule has 1 N–H and O–H groups in total. The van der Waals surface area contributed by atoms with Crippen molar-refractivity contribution in [1.82, 2.24) is 0 Å². The van der Waals surface area contributed by atoms with Gasteiger partial charge in [-0.05, 0) is 61.2 Å². The van der Waals surface area contributed by atoms with Gasteiger partial charge in [-0.2, -0.15) is 0 Å². The van der Waals surface area contributed by atoms with Gasteiger partial charge in [-0.3, -0.25) is 0 Å². The smallest absolute Gasteiger partial charge is 0.152 e. The average Bonchev–Trinajstić information content (AvgIpc) is 3.19. The molecule has 1 aliphatic carbocycles. The van der Waals surface area contributed by atoms with Gasteiger partial charge in [0, 0.05) is 10.1 Å². The van der Waals surface area contributed by atoms with E-state index in [0.717, 1.165) is 50.6 Å². The highest BCUT2D eigenvalue weighted by atomic mass is 32.1. The fourth-order valence-electron chi connectivity index (χ4n) is 3.91. The van der Waals surface area contributed by atoms with Crippen LogP contribution < -0.4 is 9.47 Å². The molecule has 0 saturated carbocycles. The van der Waals surface area contributed by atoms with E-state index in [0.29, 0.717) is 13.0 Å². The summed E-state index contributed by atoms with van der Waals surface area (Å²) < 4.78 is 13.4. The Kier molecular flexibility index (Phi) is 5.49. The Bertz CT molecular complexity index is 1190. The molecule has 0 aliphatic heterocycles. The maximum atomic E-state index is 11.3. The number of rotatable bonds is 6. The van der Waals surface area contributed by atoms with Crippen LogP contribution in [0.5, 0.6) is 17.2 Å². The molecule has 0 fully saturated rings. The summed E-state index contributed by atoms with van der Waals surface area (Å²) in [5.74, 6) is 2.26. The van der Waals surface area contributed by atoms with E-state index >= 15 is 0 Å². The van der Waals surface area contributed by atoms with E-state index in [1.165, 1.54) is 0 Å². The van der Waals surface area contributed by atoms with Crippen LogP contribution in [-0.2, 0) is 12.2 Å². The molecule has 1 aliphatic rings. The van der Waals surface area contributed by atoms with Crippen molar-refractivity contribution in [3.05, 3.63) is 101 Å². The van der Waals surface area contributed by atoms with Gasteiger partial charge in [0.1, 0.15) is 23.7 Å². The van der Waals surface area contributed by atoms with Gasteiger partial charge in [-0.15, -0.1) is 11.3 Å². The zero-order valence-corrected chi connectivity index (χ0v) is 18.0. The van der Waals surface area contributed by atoms with E-state index in [2.05, 4.69) is 18.2 Å². The highest BCUT2D eigenvalue weighted by Gasteiger charge is 2.34. The number of hydrogen-bond acceptors (Lipinski definition) is 4. The van der Waals surface area contributed by atoms with Crippen LogP contribution in [0.15, 0.2) is 91.0 Å². The van der Waals surface area contributed by atoms with Crippen LogP contribution in [0.2, 0.25) is 0 Å². The van der Waals surface area contributed by atoms with Gasteiger partial charge in [0.05, 0.1) is 4.88 Å². The van der Waals surface area contributed by atoms with Crippen molar-refractivity contribution in [2.24, 2.45) is 0 Å². The van der Waals surface area contributed by atoms with Crippen molar-refractivity contribution in [1.29, 1.82) is 0 Å². The zero-order chi connectivity index (χ0) is 21.1. The number of aliphatic hydroxyl groups is 1. The lowest BCUT2D eigenvalue weighted by Gasteiger charge is -2.27. The fourth-order valence-corrected chi connectivity index (χ4v) is 5.14. The molecule has 4 aromatic rings. The molecule has 5 rings (SSSR count). The second kappa shape index (κ2) is 8.58. The van der Waals surface area contributed by atoms with Gasteiger partial charge in [-0.1, -0.05) is 54.6 Å². The van der Waals surface area contributed by atoms with Crippen molar-refractivity contribution >= 4 is 21.4 Å². The Labute approximate surface area is 186 Å². The molecule has 1 atom stereocenters. The summed E-state index contributed by atoms with van der Waals surface area (Å²) in [6.07, 6.45) is 6.67. The molecule has 0 amide bonds. The Morgan fingerprint density at radius 3 is 2.39 bits per heavy atom. The van der Waals surface area contributed by atoms with Crippen LogP contribution in [0.1, 0.15) is 29.7 Å². The maximum Gasteiger partial charge on any atom is 0.152 e. The highest BCUT2D eigenvalue weighted by Crippen LogP contribution is 2.48. The molecule has 1 aromatic heterocycles. The molecule has 0 radical (unpaired) electrons. The number of hydrogen-bond donors (Lipinski definition) is 1. The second-order valence-electron chi connectivity index (χ2n) is 7.82. The van der Waals surface area contributed by atoms with Gasteiger partial charge in [0.15, 0.2) is 5.75 Å². The van der Waals surface area contributed by atoms with Crippen LogP contribution in [-0.4, -0.2) is 5.11 Å². The van der Waals surface area contributed by atoms with Gasteiger partial charge in [0.25, 0.3) is 0 Å². The van der Waals surface area contributed by atoms with Crippen LogP contribution in [0.4, 0.5) is 0 Å². The molecule has 0 spiro atoms. The number of fused-ring (bicyclic) bond motifs is 1. The number of benzene rings is 3. The van der Waals surface area contributed by atoms with Crippen molar-refractivity contribution in [2.45, 2.75) is 31.5 Å². The Hall–Kier alpha value is -3.08. The summed E-state index contributed by atoms with van der Waals surface area (Å²) in [4.78, 5) is 0.869. The summed E-state index contributed by atoms with van der Waals surface area (Å²) in [5.41, 5.74) is 0.154. The van der Waals surface area contributed by atoms with Crippen molar-refractivity contribution in [3.63, 3.8) is 0 Å². The maximum absolute atomic E-state index is 11.3. The lowest BCUT2D eigenvalue weighted by molar-refractivity contribution is 0.0745. The normalized spacial score (nSPS) is 18.2. The second-order valence-corrected chi connectivity index (χ2v) is 8.88. The van der Waals surface area contributed by atoms with E-state index in [4.69, 9.17) is 9.47 Å². The number of allylic oxidation sites excluding steroid dienone is 1. The van der Waals surface area contributed by atoms with E-state index in [-0.39, 0.29) is 0 Å². The lowest BCUT2D eigenvalue weighted by atomic mass is 9.89. The summed E-state index contributed by atoms with van der Waals surface area (Å²) in [6, 6.07) is 25.9. The average molecular weight is 429 g/mol. The molecule has 3 nitrogen and oxygen atoms in total. The third-order valence-corrected chi connectivity index (χ3v) is 6.88. The largest absolute Gasteiger partial charge is 0.489 e. The standard InChI is InChI=1S/C27H24O3S/c28-27(17-7-2-8-18-27)26-25(23-11-5-6-12-24(23)31-26)30-22-15-13-21(14-16-22)29-19-20-9-3-1-4-10-20/h1,3-7,9-17,28H,2,8,18-19H2. The quantitative estimate of drug-likeness (QED) is 0.330. The van der Waals surface area contributed by atoms with Crippen LogP contribution >= 0.6 is 11.3 Å². The molecule has 4 heteroatoms. The first-order valence-corrected chi connectivity index (χ1v) is 11.4.